The minimum absolute atomic E-state index is 0.00872. The molecule has 3 aromatic carbocycles. The molecular weight excluding hydrogens is 412 g/mol. The summed E-state index contributed by atoms with van der Waals surface area (Å²) in [6, 6.07) is 28.6. The fraction of sp³-hybridized carbons (Fsp3) is 0.214. The summed E-state index contributed by atoms with van der Waals surface area (Å²) in [5.74, 6) is 1.22. The van der Waals surface area contributed by atoms with Crippen molar-refractivity contribution in [2.45, 2.75) is 24.6 Å². The minimum Gasteiger partial charge on any atom is -0.345 e. The van der Waals surface area contributed by atoms with E-state index in [-0.39, 0.29) is 11.9 Å². The SMILES string of the molecule is CSCc1c(-c2ccccc2)nc2ccccc2c1C(=O)NC(c1ccccc1)C1CC1. The highest BCUT2D eigenvalue weighted by molar-refractivity contribution is 7.97. The van der Waals surface area contributed by atoms with Crippen LogP contribution in [0.4, 0.5) is 0 Å². The van der Waals surface area contributed by atoms with E-state index in [1.807, 2.05) is 60.7 Å². The Morgan fingerprint density at radius 3 is 2.31 bits per heavy atom. The van der Waals surface area contributed by atoms with E-state index in [0.717, 1.165) is 51.9 Å². The molecule has 4 heteroatoms. The molecule has 1 aliphatic rings. The van der Waals surface area contributed by atoms with E-state index < -0.39 is 0 Å². The summed E-state index contributed by atoms with van der Waals surface area (Å²) >= 11 is 1.72. The Balaban J connectivity index is 1.65. The van der Waals surface area contributed by atoms with Crippen molar-refractivity contribution < 1.29 is 4.79 Å². The van der Waals surface area contributed by atoms with Crippen molar-refractivity contribution in [3.63, 3.8) is 0 Å². The fourth-order valence-corrected chi connectivity index (χ4v) is 4.98. The van der Waals surface area contributed by atoms with Gasteiger partial charge >= 0.3 is 0 Å². The number of nitrogens with zero attached hydrogens (tertiary/aromatic N) is 1. The number of para-hydroxylation sites is 1. The molecule has 1 unspecified atom stereocenters. The maximum Gasteiger partial charge on any atom is 0.252 e. The van der Waals surface area contributed by atoms with Crippen LogP contribution in [0.5, 0.6) is 0 Å². The van der Waals surface area contributed by atoms with Gasteiger partial charge in [-0.15, -0.1) is 0 Å². The average molecular weight is 439 g/mol. The van der Waals surface area contributed by atoms with Crippen molar-refractivity contribution in [3.8, 4) is 11.3 Å². The van der Waals surface area contributed by atoms with Gasteiger partial charge in [-0.3, -0.25) is 4.79 Å². The normalized spacial score (nSPS) is 14.3. The molecule has 1 atom stereocenters. The van der Waals surface area contributed by atoms with Crippen LogP contribution in [0, 0.1) is 5.92 Å². The van der Waals surface area contributed by atoms with Gasteiger partial charge in [0.25, 0.3) is 5.91 Å². The monoisotopic (exact) mass is 438 g/mol. The number of nitrogens with one attached hydrogen (secondary N) is 1. The maximum absolute atomic E-state index is 13.9. The lowest BCUT2D eigenvalue weighted by Crippen LogP contribution is -2.31. The van der Waals surface area contributed by atoms with Crippen LogP contribution in [0.25, 0.3) is 22.2 Å². The summed E-state index contributed by atoms with van der Waals surface area (Å²) in [6.07, 6.45) is 4.39. The lowest BCUT2D eigenvalue weighted by atomic mass is 9.96. The smallest absolute Gasteiger partial charge is 0.252 e. The molecule has 0 saturated heterocycles. The number of rotatable bonds is 7. The number of aromatic nitrogens is 1. The first-order chi connectivity index (χ1) is 15.8. The molecule has 4 aromatic rings. The van der Waals surface area contributed by atoms with Gasteiger partial charge in [0.1, 0.15) is 0 Å². The van der Waals surface area contributed by atoms with Crippen molar-refractivity contribution >= 4 is 28.6 Å². The van der Waals surface area contributed by atoms with Gasteiger partial charge in [-0.2, -0.15) is 11.8 Å². The first-order valence-corrected chi connectivity index (χ1v) is 12.5. The molecule has 0 radical (unpaired) electrons. The molecule has 1 fully saturated rings. The molecule has 1 aromatic heterocycles. The van der Waals surface area contributed by atoms with Crippen LogP contribution in [0.3, 0.4) is 0 Å². The predicted octanol–water partition coefficient (Wildman–Crippen LogP) is 6.65. The molecule has 1 aliphatic carbocycles. The Hall–Kier alpha value is -3.11. The number of hydrogen-bond donors (Lipinski definition) is 1. The largest absolute Gasteiger partial charge is 0.345 e. The van der Waals surface area contributed by atoms with Crippen LogP contribution >= 0.6 is 11.8 Å². The Morgan fingerprint density at radius 2 is 1.62 bits per heavy atom. The van der Waals surface area contributed by atoms with E-state index in [4.69, 9.17) is 4.98 Å². The topological polar surface area (TPSA) is 42.0 Å². The lowest BCUT2D eigenvalue weighted by Gasteiger charge is -2.22. The highest BCUT2D eigenvalue weighted by atomic mass is 32.2. The standard InChI is InChI=1S/C28H26N2OS/c1-32-18-23-25(28(31)30-26(21-16-17-21)19-10-4-2-5-11-19)22-14-8-9-15-24(22)29-27(23)20-12-6-3-7-13-20/h2-15,21,26H,16-18H2,1H3,(H,30,31). The molecule has 0 aliphatic heterocycles. The molecule has 1 saturated carbocycles. The van der Waals surface area contributed by atoms with Crippen molar-refractivity contribution in [3.05, 3.63) is 102 Å². The number of carbonyl (C=O) groups is 1. The minimum atomic E-state index is -0.00872. The predicted molar refractivity (Wildman–Crippen MR) is 134 cm³/mol. The first-order valence-electron chi connectivity index (χ1n) is 11.1. The van der Waals surface area contributed by atoms with E-state index in [1.165, 1.54) is 5.56 Å². The van der Waals surface area contributed by atoms with Crippen molar-refractivity contribution in [2.75, 3.05) is 6.26 Å². The summed E-state index contributed by atoms with van der Waals surface area (Å²) in [5.41, 5.74) is 5.72. The van der Waals surface area contributed by atoms with Crippen LogP contribution in [-0.2, 0) is 5.75 Å². The Morgan fingerprint density at radius 1 is 0.969 bits per heavy atom. The van der Waals surface area contributed by atoms with Crippen LogP contribution in [-0.4, -0.2) is 17.1 Å². The van der Waals surface area contributed by atoms with Gasteiger partial charge < -0.3 is 5.32 Å². The average Bonchev–Trinajstić information content (AvgIpc) is 3.68. The number of pyridine rings is 1. The summed E-state index contributed by atoms with van der Waals surface area (Å²) in [4.78, 5) is 18.9. The molecule has 3 nitrogen and oxygen atoms in total. The molecule has 1 N–H and O–H groups in total. The Bertz CT molecular complexity index is 1240. The Kier molecular flexibility index (Phi) is 5.95. The van der Waals surface area contributed by atoms with Gasteiger partial charge in [-0.05, 0) is 36.6 Å². The highest BCUT2D eigenvalue weighted by Crippen LogP contribution is 2.41. The van der Waals surface area contributed by atoms with E-state index >= 15 is 0 Å². The van der Waals surface area contributed by atoms with E-state index in [2.05, 4.69) is 35.8 Å². The van der Waals surface area contributed by atoms with Crippen LogP contribution in [0.2, 0.25) is 0 Å². The molecule has 0 spiro atoms. The number of benzene rings is 3. The maximum atomic E-state index is 13.9. The van der Waals surface area contributed by atoms with Gasteiger partial charge in [0.15, 0.2) is 0 Å². The zero-order chi connectivity index (χ0) is 21.9. The molecule has 1 amide bonds. The Labute approximate surface area is 193 Å². The number of amides is 1. The molecule has 32 heavy (non-hydrogen) atoms. The summed E-state index contributed by atoms with van der Waals surface area (Å²) in [7, 11) is 0. The van der Waals surface area contributed by atoms with Gasteiger partial charge in [0, 0.05) is 22.3 Å². The second-order valence-corrected chi connectivity index (χ2v) is 9.20. The second-order valence-electron chi connectivity index (χ2n) is 8.33. The summed E-state index contributed by atoms with van der Waals surface area (Å²) in [6.45, 7) is 0. The van der Waals surface area contributed by atoms with Crippen molar-refractivity contribution in [2.24, 2.45) is 5.92 Å². The molecule has 0 bridgehead atoms. The molecule has 5 rings (SSSR count). The first kappa shape index (κ1) is 20.8. The molecule has 1 heterocycles. The van der Waals surface area contributed by atoms with Gasteiger partial charge in [0.2, 0.25) is 0 Å². The van der Waals surface area contributed by atoms with Crippen LogP contribution < -0.4 is 5.32 Å². The van der Waals surface area contributed by atoms with Gasteiger partial charge in [0.05, 0.1) is 22.8 Å². The zero-order valence-electron chi connectivity index (χ0n) is 18.1. The molecule has 160 valence electrons. The summed E-state index contributed by atoms with van der Waals surface area (Å²) in [5, 5.41) is 4.32. The molecular formula is C28H26N2OS. The van der Waals surface area contributed by atoms with E-state index in [1.54, 1.807) is 11.8 Å². The zero-order valence-corrected chi connectivity index (χ0v) is 18.9. The van der Waals surface area contributed by atoms with Gasteiger partial charge in [-0.25, -0.2) is 4.98 Å². The third-order valence-electron chi connectivity index (χ3n) is 6.09. The lowest BCUT2D eigenvalue weighted by molar-refractivity contribution is 0.0932. The van der Waals surface area contributed by atoms with Crippen LogP contribution in [0.1, 0.15) is 40.4 Å². The second kappa shape index (κ2) is 9.17. The number of hydrogen-bond acceptors (Lipinski definition) is 3. The quantitative estimate of drug-likeness (QED) is 0.351. The number of carbonyl (C=O) groups excluding carboxylic acids is 1. The third kappa shape index (κ3) is 4.15. The van der Waals surface area contributed by atoms with Crippen LogP contribution in [0.15, 0.2) is 84.9 Å². The van der Waals surface area contributed by atoms with Crippen molar-refractivity contribution in [1.82, 2.24) is 10.3 Å². The third-order valence-corrected chi connectivity index (χ3v) is 6.67. The fourth-order valence-electron chi connectivity index (χ4n) is 4.41. The van der Waals surface area contributed by atoms with E-state index in [9.17, 15) is 4.79 Å². The highest BCUT2D eigenvalue weighted by Gasteiger charge is 2.34. The summed E-state index contributed by atoms with van der Waals surface area (Å²) < 4.78 is 0. The van der Waals surface area contributed by atoms with Crippen molar-refractivity contribution in [1.29, 1.82) is 0 Å². The van der Waals surface area contributed by atoms with E-state index in [0.29, 0.717) is 5.92 Å². The number of thioether (sulfide) groups is 1. The number of fused-ring (bicyclic) bond motifs is 1. The van der Waals surface area contributed by atoms with Gasteiger partial charge in [-0.1, -0.05) is 78.9 Å².